The van der Waals surface area contributed by atoms with E-state index in [1.165, 1.54) is 35.4 Å². The Labute approximate surface area is 297 Å². The maximum atomic E-state index is 13.9. The van der Waals surface area contributed by atoms with Gasteiger partial charge in [-0.1, -0.05) is 6.92 Å². The van der Waals surface area contributed by atoms with Crippen molar-refractivity contribution in [2.24, 2.45) is 0 Å². The molecule has 0 unspecified atom stereocenters. The van der Waals surface area contributed by atoms with Crippen molar-refractivity contribution in [3.63, 3.8) is 0 Å². The van der Waals surface area contributed by atoms with Gasteiger partial charge >= 0.3 is 24.4 Å². The molecule has 1 N–H and O–H groups in total. The van der Waals surface area contributed by atoms with Gasteiger partial charge in [-0.05, 0) is 69.0 Å². The number of pyridine rings is 1. The minimum Gasteiger partial charge on any atom is -0.481 e. The molecule has 2 aliphatic heterocycles. The van der Waals surface area contributed by atoms with Gasteiger partial charge in [0.15, 0.2) is 0 Å². The van der Waals surface area contributed by atoms with Crippen LogP contribution in [-0.4, -0.2) is 69.4 Å². The number of carboxylic acid groups (broad SMARTS) is 1. The maximum absolute atomic E-state index is 13.9. The van der Waals surface area contributed by atoms with Gasteiger partial charge in [0.05, 0.1) is 42.3 Å². The van der Waals surface area contributed by atoms with Crippen LogP contribution in [0.4, 0.5) is 42.8 Å². The average molecular weight is 745 g/mol. The molecule has 0 aliphatic carbocycles. The SMILES string of the molecule is CCOC(=O)N1c2ccc(OC)nc2[C@@H](N(Cc2cc(C(F)(F)F)cc(C(F)(F)F)c2)c2ncc(CN3CCC[C@H]3C(=O)O)cn2)C[C@H]1CC.S. The number of aliphatic carboxylic acids is 1. The Kier molecular flexibility index (Phi) is 12.3. The topological polar surface area (TPSA) is 121 Å². The third kappa shape index (κ3) is 8.77. The maximum Gasteiger partial charge on any atom is 0.416 e. The van der Waals surface area contributed by atoms with Crippen molar-refractivity contribution in [3.8, 4) is 5.88 Å². The molecule has 1 amide bonds. The van der Waals surface area contributed by atoms with Crippen LogP contribution in [0.1, 0.15) is 73.5 Å². The molecule has 11 nitrogen and oxygen atoms in total. The molecule has 0 radical (unpaired) electrons. The van der Waals surface area contributed by atoms with Crippen LogP contribution in [0, 0.1) is 0 Å². The molecule has 0 bridgehead atoms. The van der Waals surface area contributed by atoms with E-state index in [4.69, 9.17) is 9.47 Å². The van der Waals surface area contributed by atoms with Gasteiger partial charge in [-0.25, -0.2) is 19.7 Å². The zero-order valence-electron chi connectivity index (χ0n) is 28.0. The van der Waals surface area contributed by atoms with E-state index in [9.17, 15) is 41.0 Å². The summed E-state index contributed by atoms with van der Waals surface area (Å²) in [5, 5.41) is 9.58. The second-order valence-corrected chi connectivity index (χ2v) is 12.0. The number of carbonyl (C=O) groups excluding carboxylic acids is 1. The number of nitrogens with zero attached hydrogens (tertiary/aromatic N) is 6. The zero-order valence-corrected chi connectivity index (χ0v) is 29.0. The van der Waals surface area contributed by atoms with Crippen LogP contribution >= 0.6 is 13.5 Å². The van der Waals surface area contributed by atoms with E-state index in [1.807, 2.05) is 6.92 Å². The van der Waals surface area contributed by atoms with Gasteiger partial charge in [-0.2, -0.15) is 39.8 Å². The van der Waals surface area contributed by atoms with Gasteiger partial charge in [0, 0.05) is 43.2 Å². The summed E-state index contributed by atoms with van der Waals surface area (Å²) in [7, 11) is 1.38. The number of fused-ring (bicyclic) bond motifs is 1. The molecule has 1 aromatic carbocycles. The third-order valence-corrected chi connectivity index (χ3v) is 8.82. The van der Waals surface area contributed by atoms with Gasteiger partial charge in [0.1, 0.15) is 6.04 Å². The van der Waals surface area contributed by atoms with Gasteiger partial charge in [-0.3, -0.25) is 14.6 Å². The second kappa shape index (κ2) is 15.9. The molecule has 278 valence electrons. The van der Waals surface area contributed by atoms with Crippen molar-refractivity contribution < 1.29 is 50.5 Å². The first-order chi connectivity index (χ1) is 23.6. The fourth-order valence-corrected chi connectivity index (χ4v) is 6.48. The summed E-state index contributed by atoms with van der Waals surface area (Å²) in [5.41, 5.74) is -2.13. The molecule has 1 fully saturated rings. The van der Waals surface area contributed by atoms with Crippen molar-refractivity contribution in [2.75, 3.05) is 30.1 Å². The number of aromatic nitrogens is 3. The van der Waals surface area contributed by atoms with Crippen LogP contribution in [-0.2, 0) is 35.0 Å². The quantitative estimate of drug-likeness (QED) is 0.218. The van der Waals surface area contributed by atoms with Crippen molar-refractivity contribution in [2.45, 2.75) is 83.1 Å². The molecule has 0 saturated carbocycles. The molecule has 3 aromatic rings. The summed E-state index contributed by atoms with van der Waals surface area (Å²) >= 11 is 0. The number of anilines is 2. The van der Waals surface area contributed by atoms with Crippen LogP contribution < -0.4 is 14.5 Å². The normalized spacial score (nSPS) is 19.2. The first kappa shape index (κ1) is 39.5. The Morgan fingerprint density at radius 2 is 1.65 bits per heavy atom. The van der Waals surface area contributed by atoms with Crippen molar-refractivity contribution in [1.29, 1.82) is 0 Å². The lowest BCUT2D eigenvalue weighted by Crippen LogP contribution is -2.48. The van der Waals surface area contributed by atoms with Crippen LogP contribution in [0.2, 0.25) is 0 Å². The molecule has 51 heavy (non-hydrogen) atoms. The first-order valence-corrected chi connectivity index (χ1v) is 16.0. The lowest BCUT2D eigenvalue weighted by Gasteiger charge is -2.43. The number of carboxylic acids is 1. The Morgan fingerprint density at radius 3 is 2.20 bits per heavy atom. The summed E-state index contributed by atoms with van der Waals surface area (Å²) in [6.07, 6.45) is -6.16. The van der Waals surface area contributed by atoms with Crippen LogP contribution in [0.25, 0.3) is 0 Å². The predicted octanol–water partition coefficient (Wildman–Crippen LogP) is 6.97. The number of hydrogen-bond donors (Lipinski definition) is 1. The number of benzene rings is 1. The lowest BCUT2D eigenvalue weighted by molar-refractivity contribution is -0.144. The number of methoxy groups -OCH3 is 1. The summed E-state index contributed by atoms with van der Waals surface area (Å²) in [6, 6.07) is 2.44. The van der Waals surface area contributed by atoms with E-state index in [-0.39, 0.29) is 62.2 Å². The molecule has 1 saturated heterocycles. The summed E-state index contributed by atoms with van der Waals surface area (Å²) in [4.78, 5) is 43.1. The van der Waals surface area contributed by atoms with Crippen LogP contribution in [0.3, 0.4) is 0 Å². The second-order valence-electron chi connectivity index (χ2n) is 12.0. The Morgan fingerprint density at radius 1 is 1.00 bits per heavy atom. The number of halogens is 6. The minimum absolute atomic E-state index is 0. The third-order valence-electron chi connectivity index (χ3n) is 8.82. The average Bonchev–Trinajstić information content (AvgIpc) is 3.54. The fraction of sp³-hybridized carbons (Fsp3) is 0.485. The highest BCUT2D eigenvalue weighted by Gasteiger charge is 2.42. The number of carbonyl (C=O) groups is 2. The molecular weight excluding hydrogens is 706 g/mol. The van der Waals surface area contributed by atoms with Crippen molar-refractivity contribution in [3.05, 3.63) is 70.7 Å². The minimum atomic E-state index is -5.07. The molecule has 0 spiro atoms. The lowest BCUT2D eigenvalue weighted by atomic mass is 9.92. The smallest absolute Gasteiger partial charge is 0.416 e. The van der Waals surface area contributed by atoms with E-state index in [0.29, 0.717) is 49.2 Å². The zero-order chi connectivity index (χ0) is 36.4. The molecule has 18 heteroatoms. The molecule has 2 aromatic heterocycles. The highest BCUT2D eigenvalue weighted by molar-refractivity contribution is 7.59. The summed E-state index contributed by atoms with van der Waals surface area (Å²) in [6.45, 7) is 3.83. The molecule has 3 atom stereocenters. The highest BCUT2D eigenvalue weighted by Crippen LogP contribution is 2.44. The summed E-state index contributed by atoms with van der Waals surface area (Å²) < 4.78 is 93.9. The Bertz CT molecular complexity index is 1660. The number of rotatable bonds is 10. The standard InChI is InChI=1S/C33H36F6N6O5.H2S/c1-4-23-14-26(28-24(8-9-27(42-28)49-3)45(23)31(48)50-5-2)44(18-19-11-21(32(34,35)36)13-22(12-19)33(37,38)39)30-40-15-20(16-41-30)17-43-10-6-7-25(43)29(46)47;/h8-9,11-13,15-16,23,25-26H,4-7,10,14,17-18H2,1-3H3,(H,46,47);1H2/t23-,25+,26+;/m1./s1. The number of ether oxygens (including phenoxy) is 2. The van der Waals surface area contributed by atoms with Gasteiger partial charge in [-0.15, -0.1) is 0 Å². The Hall–Kier alpha value is -4.32. The van der Waals surface area contributed by atoms with E-state index in [1.54, 1.807) is 17.9 Å². The van der Waals surface area contributed by atoms with E-state index in [0.717, 1.165) is 0 Å². The first-order valence-electron chi connectivity index (χ1n) is 16.0. The van der Waals surface area contributed by atoms with E-state index in [2.05, 4.69) is 15.0 Å². The van der Waals surface area contributed by atoms with Gasteiger partial charge in [0.2, 0.25) is 11.8 Å². The number of hydrogen-bond acceptors (Lipinski definition) is 9. The van der Waals surface area contributed by atoms with Crippen LogP contribution in [0.5, 0.6) is 5.88 Å². The Balaban J connectivity index is 0.00000583. The number of likely N-dealkylation sites (tertiary alicyclic amines) is 1. The highest BCUT2D eigenvalue weighted by atomic mass is 32.1. The van der Waals surface area contributed by atoms with Gasteiger partial charge in [0.25, 0.3) is 0 Å². The predicted molar refractivity (Wildman–Crippen MR) is 178 cm³/mol. The monoisotopic (exact) mass is 744 g/mol. The van der Waals surface area contributed by atoms with Crippen molar-refractivity contribution >= 4 is 37.2 Å². The van der Waals surface area contributed by atoms with Crippen LogP contribution in [0.15, 0.2) is 42.7 Å². The molecule has 4 heterocycles. The molecule has 2 aliphatic rings. The summed E-state index contributed by atoms with van der Waals surface area (Å²) in [5.74, 6) is -0.830. The van der Waals surface area contributed by atoms with E-state index >= 15 is 0 Å². The largest absolute Gasteiger partial charge is 0.481 e. The van der Waals surface area contributed by atoms with E-state index < -0.39 is 60.2 Å². The molecular formula is C33H38F6N6O5S. The van der Waals surface area contributed by atoms with Crippen molar-refractivity contribution in [1.82, 2.24) is 19.9 Å². The number of amides is 1. The molecule has 5 rings (SSSR count). The number of alkyl halides is 6. The van der Waals surface area contributed by atoms with Gasteiger partial charge < -0.3 is 19.5 Å². The fourth-order valence-electron chi connectivity index (χ4n) is 6.48.